The third kappa shape index (κ3) is 2.87. The quantitative estimate of drug-likeness (QED) is 0.685. The van der Waals surface area contributed by atoms with Crippen LogP contribution in [0.3, 0.4) is 0 Å². The van der Waals surface area contributed by atoms with Crippen molar-refractivity contribution in [2.75, 3.05) is 0 Å². The molecule has 14 heavy (non-hydrogen) atoms. The van der Waals surface area contributed by atoms with E-state index in [0.717, 1.165) is 23.2 Å². The van der Waals surface area contributed by atoms with Crippen LogP contribution in [0, 0.1) is 6.92 Å². The molecular formula is C12H16O2. The molecule has 1 aromatic carbocycles. The van der Waals surface area contributed by atoms with Gasteiger partial charge in [-0.15, -0.1) is 0 Å². The van der Waals surface area contributed by atoms with Crippen LogP contribution in [-0.4, -0.2) is 12.4 Å². The fourth-order valence-corrected chi connectivity index (χ4v) is 1.28. The molecule has 0 saturated heterocycles. The number of carbonyl (C=O) groups is 1. The molecule has 0 aliphatic heterocycles. The lowest BCUT2D eigenvalue weighted by atomic mass is 10.1. The van der Waals surface area contributed by atoms with Crippen molar-refractivity contribution in [2.45, 2.75) is 33.3 Å². The largest absolute Gasteiger partial charge is 0.491 e. The second-order valence-electron chi connectivity index (χ2n) is 3.65. The van der Waals surface area contributed by atoms with E-state index in [1.165, 1.54) is 0 Å². The highest BCUT2D eigenvalue weighted by molar-refractivity contribution is 5.57. The van der Waals surface area contributed by atoms with Crippen molar-refractivity contribution in [3.05, 3.63) is 29.3 Å². The third-order valence-electron chi connectivity index (χ3n) is 1.89. The summed E-state index contributed by atoms with van der Waals surface area (Å²) in [6.45, 7) is 5.97. The summed E-state index contributed by atoms with van der Waals surface area (Å²) < 4.78 is 5.62. The summed E-state index contributed by atoms with van der Waals surface area (Å²) in [6.07, 6.45) is 1.46. The van der Waals surface area contributed by atoms with Crippen molar-refractivity contribution in [3.63, 3.8) is 0 Å². The van der Waals surface area contributed by atoms with Crippen LogP contribution in [0.15, 0.2) is 18.2 Å². The molecule has 0 N–H and O–H groups in total. The Morgan fingerprint density at radius 1 is 1.43 bits per heavy atom. The summed E-state index contributed by atoms with van der Waals surface area (Å²) in [5.74, 6) is 0.826. The maximum atomic E-state index is 10.4. The van der Waals surface area contributed by atoms with Crippen molar-refractivity contribution >= 4 is 6.29 Å². The molecule has 0 atom stereocenters. The Morgan fingerprint density at radius 3 is 2.71 bits per heavy atom. The fraction of sp³-hybridized carbons (Fsp3) is 0.417. The zero-order valence-electron chi connectivity index (χ0n) is 8.91. The van der Waals surface area contributed by atoms with Gasteiger partial charge in [-0.1, -0.05) is 12.1 Å². The molecule has 0 bridgehead atoms. The molecule has 0 fully saturated rings. The van der Waals surface area contributed by atoms with Gasteiger partial charge in [-0.2, -0.15) is 0 Å². The SMILES string of the molecule is Cc1ccc(CC=O)c(OC(C)C)c1. The molecule has 2 nitrogen and oxygen atoms in total. The van der Waals surface area contributed by atoms with Gasteiger partial charge >= 0.3 is 0 Å². The molecule has 1 aromatic rings. The van der Waals surface area contributed by atoms with Gasteiger partial charge in [-0.3, -0.25) is 0 Å². The number of carbonyl (C=O) groups excluding carboxylic acids is 1. The van der Waals surface area contributed by atoms with E-state index in [1.807, 2.05) is 39.0 Å². The first-order valence-corrected chi connectivity index (χ1v) is 4.83. The Balaban J connectivity index is 2.96. The van der Waals surface area contributed by atoms with E-state index in [-0.39, 0.29) is 6.10 Å². The minimum absolute atomic E-state index is 0.141. The predicted octanol–water partition coefficient (Wildman–Crippen LogP) is 2.52. The number of hydrogen-bond donors (Lipinski definition) is 0. The van der Waals surface area contributed by atoms with Crippen molar-refractivity contribution in [1.82, 2.24) is 0 Å². The van der Waals surface area contributed by atoms with Crippen molar-refractivity contribution in [1.29, 1.82) is 0 Å². The molecular weight excluding hydrogens is 176 g/mol. The van der Waals surface area contributed by atoms with Gasteiger partial charge < -0.3 is 9.53 Å². The molecule has 0 aliphatic carbocycles. The third-order valence-corrected chi connectivity index (χ3v) is 1.89. The normalized spacial score (nSPS) is 10.3. The van der Waals surface area contributed by atoms with Crippen LogP contribution in [0.2, 0.25) is 0 Å². The lowest BCUT2D eigenvalue weighted by Crippen LogP contribution is -2.07. The van der Waals surface area contributed by atoms with Crippen LogP contribution in [0.4, 0.5) is 0 Å². The predicted molar refractivity (Wildman–Crippen MR) is 56.7 cm³/mol. The van der Waals surface area contributed by atoms with Crippen molar-refractivity contribution in [3.8, 4) is 5.75 Å². The average molecular weight is 192 g/mol. The lowest BCUT2D eigenvalue weighted by Gasteiger charge is -2.13. The van der Waals surface area contributed by atoms with Crippen molar-refractivity contribution < 1.29 is 9.53 Å². The summed E-state index contributed by atoms with van der Waals surface area (Å²) in [7, 11) is 0. The van der Waals surface area contributed by atoms with Crippen LogP contribution in [-0.2, 0) is 11.2 Å². The molecule has 0 saturated carbocycles. The number of aryl methyl sites for hydroxylation is 1. The van der Waals surface area contributed by atoms with Gasteiger partial charge in [0.15, 0.2) is 0 Å². The van der Waals surface area contributed by atoms with Crippen LogP contribution in [0.1, 0.15) is 25.0 Å². The fourth-order valence-electron chi connectivity index (χ4n) is 1.28. The van der Waals surface area contributed by atoms with Crippen LogP contribution in [0.5, 0.6) is 5.75 Å². The average Bonchev–Trinajstić information content (AvgIpc) is 2.09. The Hall–Kier alpha value is -1.31. The molecule has 0 unspecified atom stereocenters. The molecule has 0 heterocycles. The zero-order chi connectivity index (χ0) is 10.6. The van der Waals surface area contributed by atoms with Crippen LogP contribution in [0.25, 0.3) is 0 Å². The van der Waals surface area contributed by atoms with E-state index in [1.54, 1.807) is 0 Å². The molecule has 1 rings (SSSR count). The first-order valence-electron chi connectivity index (χ1n) is 4.83. The minimum atomic E-state index is 0.141. The second kappa shape index (κ2) is 4.80. The maximum Gasteiger partial charge on any atom is 0.124 e. The molecule has 0 aliphatic rings. The van der Waals surface area contributed by atoms with Gasteiger partial charge in [-0.25, -0.2) is 0 Å². The second-order valence-corrected chi connectivity index (χ2v) is 3.65. The number of ether oxygens (including phenoxy) is 1. The number of hydrogen-bond acceptors (Lipinski definition) is 2. The topological polar surface area (TPSA) is 26.3 Å². The summed E-state index contributed by atoms with van der Waals surface area (Å²) in [5.41, 5.74) is 2.11. The molecule has 0 spiro atoms. The molecule has 76 valence electrons. The minimum Gasteiger partial charge on any atom is -0.491 e. The van der Waals surface area contributed by atoms with Gasteiger partial charge in [0.05, 0.1) is 6.10 Å². The van der Waals surface area contributed by atoms with E-state index >= 15 is 0 Å². The Labute approximate surface area is 84.9 Å². The number of aldehydes is 1. The summed E-state index contributed by atoms with van der Waals surface area (Å²) in [6, 6.07) is 5.91. The summed E-state index contributed by atoms with van der Waals surface area (Å²) >= 11 is 0. The van der Waals surface area contributed by atoms with E-state index in [9.17, 15) is 4.79 Å². The molecule has 0 amide bonds. The van der Waals surface area contributed by atoms with Gasteiger partial charge in [-0.05, 0) is 32.4 Å². The number of benzene rings is 1. The Kier molecular flexibility index (Phi) is 3.69. The first-order chi connectivity index (χ1) is 6.63. The van der Waals surface area contributed by atoms with E-state index in [0.29, 0.717) is 6.42 Å². The Bertz CT molecular complexity index is 316. The highest BCUT2D eigenvalue weighted by Crippen LogP contribution is 2.21. The van der Waals surface area contributed by atoms with Gasteiger partial charge in [0.1, 0.15) is 12.0 Å². The highest BCUT2D eigenvalue weighted by atomic mass is 16.5. The van der Waals surface area contributed by atoms with Gasteiger partial charge in [0, 0.05) is 12.0 Å². The number of rotatable bonds is 4. The van der Waals surface area contributed by atoms with Crippen molar-refractivity contribution in [2.24, 2.45) is 0 Å². The standard InChI is InChI=1S/C12H16O2/c1-9(2)14-12-8-10(3)4-5-11(12)6-7-13/h4-5,7-9H,6H2,1-3H3. The first kappa shape index (κ1) is 10.8. The summed E-state index contributed by atoms with van der Waals surface area (Å²) in [4.78, 5) is 10.4. The Morgan fingerprint density at radius 2 is 2.14 bits per heavy atom. The smallest absolute Gasteiger partial charge is 0.124 e. The van der Waals surface area contributed by atoms with E-state index in [2.05, 4.69) is 0 Å². The van der Waals surface area contributed by atoms with E-state index in [4.69, 9.17) is 4.74 Å². The maximum absolute atomic E-state index is 10.4. The van der Waals surface area contributed by atoms with Crippen LogP contribution < -0.4 is 4.74 Å². The summed E-state index contributed by atoms with van der Waals surface area (Å²) in [5, 5.41) is 0. The highest BCUT2D eigenvalue weighted by Gasteiger charge is 2.05. The molecule has 0 radical (unpaired) electrons. The van der Waals surface area contributed by atoms with Gasteiger partial charge in [0.25, 0.3) is 0 Å². The monoisotopic (exact) mass is 192 g/mol. The van der Waals surface area contributed by atoms with Gasteiger partial charge in [0.2, 0.25) is 0 Å². The van der Waals surface area contributed by atoms with E-state index < -0.39 is 0 Å². The molecule has 2 heteroatoms. The van der Waals surface area contributed by atoms with Crippen LogP contribution >= 0.6 is 0 Å². The lowest BCUT2D eigenvalue weighted by molar-refractivity contribution is -0.107. The molecule has 0 aromatic heterocycles. The zero-order valence-corrected chi connectivity index (χ0v) is 8.91.